The maximum atomic E-state index is 13.1. The quantitative estimate of drug-likeness (QED) is 0.372. The lowest BCUT2D eigenvalue weighted by Gasteiger charge is -2.15. The molecule has 0 aliphatic heterocycles. The number of fused-ring (bicyclic) bond motifs is 3. The van der Waals surface area contributed by atoms with E-state index in [1.807, 2.05) is 16.7 Å². The van der Waals surface area contributed by atoms with E-state index in [1.54, 1.807) is 12.1 Å². The molecule has 5 rings (SSSR count). The number of hydrogen-bond acceptors (Lipinski definition) is 5. The Morgan fingerprint density at radius 3 is 2.57 bits per heavy atom. The van der Waals surface area contributed by atoms with Crippen LogP contribution < -0.4 is 21.1 Å². The molecular weight excluding hydrogens is 461 g/mol. The monoisotopic (exact) mass is 482 g/mol. The highest BCUT2D eigenvalue weighted by molar-refractivity contribution is 6.01. The highest BCUT2D eigenvalue weighted by Crippen LogP contribution is 2.37. The van der Waals surface area contributed by atoms with E-state index in [0.717, 1.165) is 59.9 Å². The van der Waals surface area contributed by atoms with Gasteiger partial charge < -0.3 is 25.7 Å². The number of nitrogens with two attached hydrogens (primary N) is 1. The van der Waals surface area contributed by atoms with Crippen LogP contribution in [-0.2, 0) is 19.0 Å². The fourth-order valence-corrected chi connectivity index (χ4v) is 4.44. The minimum atomic E-state index is -4.55. The molecule has 180 valence electrons. The summed E-state index contributed by atoms with van der Waals surface area (Å²) in [5, 5.41) is 5.04. The third-order valence-electron chi connectivity index (χ3n) is 5.98. The zero-order valence-corrected chi connectivity index (χ0v) is 18.6. The van der Waals surface area contributed by atoms with Crippen LogP contribution in [0.25, 0.3) is 16.7 Å². The van der Waals surface area contributed by atoms with Crippen molar-refractivity contribution in [3.05, 3.63) is 65.6 Å². The van der Waals surface area contributed by atoms with Crippen LogP contribution >= 0.6 is 0 Å². The molecule has 1 aliphatic rings. The standard InChI is InChI=1S/C24H21F3N6O2/c1-35-19-10-5-13(24(25,26)27)11-17(19)32-23(34)31-14-6-8-15(9-7-14)33-18-4-2-3-16(18)20-21(33)22(28)30-12-29-20/h5-12H,2-4H2,1H3,(H2,28,29,30)(H2,31,32,34). The van der Waals surface area contributed by atoms with Gasteiger partial charge in [0.15, 0.2) is 5.82 Å². The van der Waals surface area contributed by atoms with Crippen LogP contribution in [0.15, 0.2) is 48.8 Å². The van der Waals surface area contributed by atoms with Crippen LogP contribution in [0.4, 0.5) is 35.2 Å². The molecule has 8 nitrogen and oxygen atoms in total. The van der Waals surface area contributed by atoms with Gasteiger partial charge in [-0.1, -0.05) is 0 Å². The molecule has 2 aromatic carbocycles. The second-order valence-electron chi connectivity index (χ2n) is 8.11. The van der Waals surface area contributed by atoms with Crippen molar-refractivity contribution in [1.29, 1.82) is 0 Å². The first-order chi connectivity index (χ1) is 16.8. The number of aromatic nitrogens is 3. The van der Waals surface area contributed by atoms with Gasteiger partial charge in [-0.25, -0.2) is 14.8 Å². The predicted molar refractivity (Wildman–Crippen MR) is 126 cm³/mol. The van der Waals surface area contributed by atoms with Crippen molar-refractivity contribution in [3.63, 3.8) is 0 Å². The van der Waals surface area contributed by atoms with E-state index in [1.165, 1.54) is 19.0 Å². The second-order valence-corrected chi connectivity index (χ2v) is 8.11. The van der Waals surface area contributed by atoms with Gasteiger partial charge in [-0.3, -0.25) is 0 Å². The van der Waals surface area contributed by atoms with Gasteiger partial charge in [-0.15, -0.1) is 0 Å². The Morgan fingerprint density at radius 2 is 1.86 bits per heavy atom. The van der Waals surface area contributed by atoms with E-state index in [-0.39, 0.29) is 11.4 Å². The summed E-state index contributed by atoms with van der Waals surface area (Å²) in [4.78, 5) is 21.1. The third-order valence-corrected chi connectivity index (χ3v) is 5.98. The summed E-state index contributed by atoms with van der Waals surface area (Å²) in [5.74, 6) is 0.498. The van der Waals surface area contributed by atoms with E-state index < -0.39 is 17.8 Å². The normalized spacial score (nSPS) is 13.0. The first kappa shape index (κ1) is 22.5. The predicted octanol–water partition coefficient (Wildman–Crippen LogP) is 5.16. The average molecular weight is 482 g/mol. The first-order valence-corrected chi connectivity index (χ1v) is 10.8. The Morgan fingerprint density at radius 1 is 1.09 bits per heavy atom. The van der Waals surface area contributed by atoms with Crippen LogP contribution in [0.2, 0.25) is 0 Å². The Kier molecular flexibility index (Phi) is 5.46. The number of anilines is 3. The van der Waals surface area contributed by atoms with Crippen molar-refractivity contribution in [2.24, 2.45) is 0 Å². The van der Waals surface area contributed by atoms with Gasteiger partial charge in [0.25, 0.3) is 0 Å². The molecule has 0 bridgehead atoms. The fraction of sp³-hybridized carbons (Fsp3) is 0.208. The fourth-order valence-electron chi connectivity index (χ4n) is 4.44. The van der Waals surface area contributed by atoms with Crippen molar-refractivity contribution in [1.82, 2.24) is 14.5 Å². The van der Waals surface area contributed by atoms with Gasteiger partial charge in [-0.2, -0.15) is 13.2 Å². The number of urea groups is 1. The molecule has 0 radical (unpaired) electrons. The minimum absolute atomic E-state index is 0.0960. The number of alkyl halides is 3. The summed E-state index contributed by atoms with van der Waals surface area (Å²) in [6.45, 7) is 0. The first-order valence-electron chi connectivity index (χ1n) is 10.8. The van der Waals surface area contributed by atoms with Crippen LogP contribution in [0, 0.1) is 0 Å². The summed E-state index contributed by atoms with van der Waals surface area (Å²) in [7, 11) is 1.31. The highest BCUT2D eigenvalue weighted by Gasteiger charge is 2.31. The van der Waals surface area contributed by atoms with Gasteiger partial charge in [0, 0.05) is 17.1 Å². The number of carbonyl (C=O) groups is 1. The number of nitrogen functional groups attached to an aromatic ring is 1. The lowest BCUT2D eigenvalue weighted by atomic mass is 10.2. The molecule has 1 aliphatic carbocycles. The number of halogens is 3. The molecule has 0 spiro atoms. The largest absolute Gasteiger partial charge is 0.495 e. The lowest BCUT2D eigenvalue weighted by Crippen LogP contribution is -2.20. The van der Waals surface area contributed by atoms with Crippen molar-refractivity contribution < 1.29 is 22.7 Å². The van der Waals surface area contributed by atoms with E-state index in [2.05, 4.69) is 20.6 Å². The van der Waals surface area contributed by atoms with Gasteiger partial charge >= 0.3 is 12.2 Å². The zero-order valence-electron chi connectivity index (χ0n) is 18.6. The molecule has 35 heavy (non-hydrogen) atoms. The number of amides is 2. The van der Waals surface area contributed by atoms with Gasteiger partial charge in [0.2, 0.25) is 0 Å². The summed E-state index contributed by atoms with van der Waals surface area (Å²) >= 11 is 0. The molecular formula is C24H21F3N6O2. The molecule has 0 unspecified atom stereocenters. The number of benzene rings is 2. The molecule has 4 N–H and O–H groups in total. The Labute approximate surface area is 197 Å². The van der Waals surface area contributed by atoms with E-state index in [0.29, 0.717) is 11.5 Å². The van der Waals surface area contributed by atoms with Crippen molar-refractivity contribution in [2.75, 3.05) is 23.5 Å². The number of hydrogen-bond donors (Lipinski definition) is 3. The van der Waals surface area contributed by atoms with E-state index in [4.69, 9.17) is 10.5 Å². The number of nitrogens with zero attached hydrogens (tertiary/aromatic N) is 3. The van der Waals surface area contributed by atoms with E-state index in [9.17, 15) is 18.0 Å². The molecule has 0 saturated carbocycles. The number of methoxy groups -OCH3 is 1. The number of carbonyl (C=O) groups excluding carboxylic acids is 1. The lowest BCUT2D eigenvalue weighted by molar-refractivity contribution is -0.137. The summed E-state index contributed by atoms with van der Waals surface area (Å²) in [6.07, 6.45) is -0.234. The molecule has 11 heteroatoms. The average Bonchev–Trinajstić information content (AvgIpc) is 3.41. The van der Waals surface area contributed by atoms with Gasteiger partial charge in [-0.05, 0) is 67.3 Å². The Hall–Kier alpha value is -4.28. The molecule has 0 fully saturated rings. The number of aryl methyl sites for hydroxylation is 1. The van der Waals surface area contributed by atoms with Crippen LogP contribution in [0.3, 0.4) is 0 Å². The summed E-state index contributed by atoms with van der Waals surface area (Å²) in [6, 6.07) is 9.21. The maximum absolute atomic E-state index is 13.1. The number of nitrogens with one attached hydrogen (secondary N) is 2. The third kappa shape index (κ3) is 4.09. The van der Waals surface area contributed by atoms with Gasteiger partial charge in [0.05, 0.1) is 23.9 Å². The topological polar surface area (TPSA) is 107 Å². The Bertz CT molecular complexity index is 1430. The summed E-state index contributed by atoms with van der Waals surface area (Å²) in [5.41, 5.74) is 10.4. The molecule has 2 aromatic heterocycles. The molecule has 2 amide bonds. The highest BCUT2D eigenvalue weighted by atomic mass is 19.4. The second kappa shape index (κ2) is 8.49. The van der Waals surface area contributed by atoms with Crippen LogP contribution in [0.1, 0.15) is 23.2 Å². The maximum Gasteiger partial charge on any atom is 0.416 e. The SMILES string of the molecule is COc1ccc(C(F)(F)F)cc1NC(=O)Nc1ccc(-n2c3c(c4ncnc(N)c42)CCC3)cc1. The van der Waals surface area contributed by atoms with Crippen LogP contribution in [0.5, 0.6) is 5.75 Å². The zero-order chi connectivity index (χ0) is 24.7. The van der Waals surface area contributed by atoms with Crippen molar-refractivity contribution >= 4 is 34.3 Å². The number of ether oxygens (including phenoxy) is 1. The summed E-state index contributed by atoms with van der Waals surface area (Å²) < 4.78 is 46.3. The Balaban J connectivity index is 1.39. The smallest absolute Gasteiger partial charge is 0.416 e. The van der Waals surface area contributed by atoms with E-state index >= 15 is 0 Å². The van der Waals surface area contributed by atoms with Crippen LogP contribution in [-0.4, -0.2) is 27.7 Å². The number of rotatable bonds is 4. The van der Waals surface area contributed by atoms with Gasteiger partial charge in [0.1, 0.15) is 17.6 Å². The minimum Gasteiger partial charge on any atom is -0.495 e. The molecule has 0 saturated heterocycles. The molecule has 2 heterocycles. The van der Waals surface area contributed by atoms with Crippen molar-refractivity contribution in [3.8, 4) is 11.4 Å². The molecule has 4 aromatic rings. The van der Waals surface area contributed by atoms with Crippen molar-refractivity contribution in [2.45, 2.75) is 25.4 Å². The molecule has 0 atom stereocenters.